The lowest BCUT2D eigenvalue weighted by molar-refractivity contribution is 0.552. The van der Waals surface area contributed by atoms with Crippen molar-refractivity contribution in [3.05, 3.63) is 33.8 Å². The maximum atomic E-state index is 4.74. The Morgan fingerprint density at radius 2 is 1.44 bits per heavy atom. The van der Waals surface area contributed by atoms with Crippen LogP contribution in [0.15, 0.2) is 0 Å². The molecular formula is C19H26N8. The summed E-state index contributed by atoms with van der Waals surface area (Å²) in [6.07, 6.45) is 2.14. The Kier molecular flexibility index (Phi) is 3.51. The fourth-order valence-electron chi connectivity index (χ4n) is 3.37. The zero-order valence-electron chi connectivity index (χ0n) is 17.2. The van der Waals surface area contributed by atoms with Gasteiger partial charge in [0.25, 0.3) is 0 Å². The maximum Gasteiger partial charge on any atom is 0.185 e. The van der Waals surface area contributed by atoms with Gasteiger partial charge in [0.1, 0.15) is 11.6 Å². The van der Waals surface area contributed by atoms with E-state index in [1.807, 2.05) is 13.8 Å². The number of aryl methyl sites for hydroxylation is 2. The molecule has 0 bridgehead atoms. The summed E-state index contributed by atoms with van der Waals surface area (Å²) in [7, 11) is 0. The van der Waals surface area contributed by atoms with Crippen LogP contribution in [0.2, 0.25) is 0 Å². The second-order valence-electron chi connectivity index (χ2n) is 9.19. The predicted molar refractivity (Wildman–Crippen MR) is 104 cm³/mol. The summed E-state index contributed by atoms with van der Waals surface area (Å²) in [5.74, 6) is 1.54. The van der Waals surface area contributed by atoms with Crippen LogP contribution in [0.4, 0.5) is 0 Å². The van der Waals surface area contributed by atoms with Crippen LogP contribution in [-0.2, 0) is 10.8 Å². The molecule has 27 heavy (non-hydrogen) atoms. The number of aromatic nitrogens is 8. The fourth-order valence-corrected chi connectivity index (χ4v) is 3.37. The first-order chi connectivity index (χ1) is 12.4. The minimum absolute atomic E-state index is 0.129. The van der Waals surface area contributed by atoms with Crippen LogP contribution >= 0.6 is 0 Å². The van der Waals surface area contributed by atoms with Gasteiger partial charge in [-0.2, -0.15) is 10.2 Å². The largest absolute Gasteiger partial charge is 0.325 e. The molecule has 4 aromatic heterocycles. The molecular weight excluding hydrogens is 340 g/mol. The lowest BCUT2D eigenvalue weighted by atomic mass is 9.88. The molecule has 0 atom stereocenters. The molecule has 0 aromatic carbocycles. The maximum absolute atomic E-state index is 4.74. The highest BCUT2D eigenvalue weighted by atomic mass is 15.5. The van der Waals surface area contributed by atoms with E-state index in [0.29, 0.717) is 5.82 Å². The van der Waals surface area contributed by atoms with Gasteiger partial charge in [0, 0.05) is 21.6 Å². The lowest BCUT2D eigenvalue weighted by Gasteiger charge is -2.17. The molecule has 0 aliphatic carbocycles. The molecule has 0 saturated heterocycles. The van der Waals surface area contributed by atoms with Gasteiger partial charge >= 0.3 is 0 Å². The van der Waals surface area contributed by atoms with E-state index in [9.17, 15) is 0 Å². The highest BCUT2D eigenvalue weighted by Gasteiger charge is 2.27. The number of fused-ring (bicyclic) bond motifs is 2. The van der Waals surface area contributed by atoms with Gasteiger partial charge in [-0.15, -0.1) is 19.5 Å². The topological polar surface area (TPSA) is 89.1 Å². The molecule has 1 N–H and O–H groups in total. The second-order valence-corrected chi connectivity index (χ2v) is 9.19. The van der Waals surface area contributed by atoms with Gasteiger partial charge in [0.15, 0.2) is 11.3 Å². The third-order valence-electron chi connectivity index (χ3n) is 4.55. The first-order valence-corrected chi connectivity index (χ1v) is 9.17. The number of rotatable bonds is 1. The highest BCUT2D eigenvalue weighted by Crippen LogP contribution is 2.28. The van der Waals surface area contributed by atoms with E-state index in [1.54, 1.807) is 9.26 Å². The first-order valence-electron chi connectivity index (χ1n) is 9.17. The summed E-state index contributed by atoms with van der Waals surface area (Å²) in [5, 5.41) is 19.3. The van der Waals surface area contributed by atoms with Crippen LogP contribution in [0.3, 0.4) is 0 Å². The molecule has 8 nitrogen and oxygen atoms in total. The molecule has 4 aromatic rings. The van der Waals surface area contributed by atoms with E-state index >= 15 is 0 Å². The Labute approximate surface area is 157 Å². The molecule has 0 aliphatic heterocycles. The average Bonchev–Trinajstić information content (AvgIpc) is 3.19. The highest BCUT2D eigenvalue weighted by molar-refractivity contribution is 5.71. The molecule has 4 heterocycles. The molecule has 0 amide bonds. The summed E-state index contributed by atoms with van der Waals surface area (Å²) >= 11 is 0. The molecule has 0 fully saturated rings. The molecule has 0 saturated carbocycles. The SMILES string of the molecule is Cc1nc2c(=Cc3c(C(C)(C)C)nn4nc(C)[nH]c34)c(C(C)(C)C)nn2n1. The molecule has 0 spiro atoms. The van der Waals surface area contributed by atoms with Gasteiger partial charge in [-0.3, -0.25) is 0 Å². The summed E-state index contributed by atoms with van der Waals surface area (Å²) in [4.78, 5) is 7.95. The van der Waals surface area contributed by atoms with Crippen molar-refractivity contribution in [2.24, 2.45) is 0 Å². The predicted octanol–water partition coefficient (Wildman–Crippen LogP) is 2.25. The van der Waals surface area contributed by atoms with Gasteiger partial charge in [-0.25, -0.2) is 4.98 Å². The van der Waals surface area contributed by atoms with Crippen molar-refractivity contribution in [1.29, 1.82) is 0 Å². The molecule has 4 rings (SSSR count). The van der Waals surface area contributed by atoms with E-state index in [4.69, 9.17) is 10.2 Å². The quantitative estimate of drug-likeness (QED) is 0.558. The summed E-state index contributed by atoms with van der Waals surface area (Å²) in [6, 6.07) is 0. The Hall–Kier alpha value is -2.77. The van der Waals surface area contributed by atoms with Crippen LogP contribution in [-0.4, -0.2) is 39.6 Å². The van der Waals surface area contributed by atoms with Gasteiger partial charge in [-0.1, -0.05) is 41.5 Å². The number of aromatic amines is 1. The van der Waals surface area contributed by atoms with Crippen LogP contribution < -0.4 is 5.22 Å². The summed E-state index contributed by atoms with van der Waals surface area (Å²) in [5.41, 5.74) is 4.35. The van der Waals surface area contributed by atoms with Crippen molar-refractivity contribution in [3.8, 4) is 0 Å². The zero-order chi connectivity index (χ0) is 19.7. The van der Waals surface area contributed by atoms with Gasteiger partial charge in [0.05, 0.1) is 11.4 Å². The molecule has 0 aliphatic rings. The van der Waals surface area contributed by atoms with Crippen molar-refractivity contribution >= 4 is 17.4 Å². The second kappa shape index (κ2) is 5.37. The molecule has 0 radical (unpaired) electrons. The van der Waals surface area contributed by atoms with Crippen LogP contribution in [0.5, 0.6) is 0 Å². The van der Waals surface area contributed by atoms with Crippen molar-refractivity contribution in [2.45, 2.75) is 66.2 Å². The standard InChI is InChI=1S/C19H26N8/c1-10-20-16-12(14(18(3,4)5)24-26(16)22-10)9-13-15(19(6,7)8)25-27-17(13)21-11(2)23-27/h9H,1-8H3,(H,20,22). The Bertz CT molecular complexity index is 1210. The monoisotopic (exact) mass is 366 g/mol. The summed E-state index contributed by atoms with van der Waals surface area (Å²) in [6.45, 7) is 16.7. The van der Waals surface area contributed by atoms with Gasteiger partial charge in [0.2, 0.25) is 0 Å². The van der Waals surface area contributed by atoms with Crippen molar-refractivity contribution < 1.29 is 0 Å². The summed E-state index contributed by atoms with van der Waals surface area (Å²) < 4.78 is 3.32. The minimum atomic E-state index is -0.139. The van der Waals surface area contributed by atoms with Gasteiger partial charge in [-0.05, 0) is 19.9 Å². The van der Waals surface area contributed by atoms with E-state index in [-0.39, 0.29) is 10.8 Å². The van der Waals surface area contributed by atoms with Crippen molar-refractivity contribution in [3.63, 3.8) is 0 Å². The molecule has 0 unspecified atom stereocenters. The Balaban J connectivity index is 2.13. The molecule has 8 heteroatoms. The number of nitrogens with zero attached hydrogens (tertiary/aromatic N) is 7. The smallest absolute Gasteiger partial charge is 0.185 e. The van der Waals surface area contributed by atoms with Crippen LogP contribution in [0.1, 0.15) is 70.1 Å². The van der Waals surface area contributed by atoms with E-state index < -0.39 is 0 Å². The zero-order valence-corrected chi connectivity index (χ0v) is 17.2. The van der Waals surface area contributed by atoms with Gasteiger partial charge < -0.3 is 4.98 Å². The lowest BCUT2D eigenvalue weighted by Crippen LogP contribution is -2.22. The Morgan fingerprint density at radius 3 is 2.07 bits per heavy atom. The number of hydrogen-bond acceptors (Lipinski definition) is 5. The third kappa shape index (κ3) is 2.79. The van der Waals surface area contributed by atoms with E-state index in [2.05, 4.69) is 67.8 Å². The third-order valence-corrected chi connectivity index (χ3v) is 4.55. The number of nitrogens with one attached hydrogen (secondary N) is 1. The first kappa shape index (κ1) is 17.6. The minimum Gasteiger partial charge on any atom is -0.325 e. The van der Waals surface area contributed by atoms with Crippen LogP contribution in [0, 0.1) is 13.8 Å². The van der Waals surface area contributed by atoms with E-state index in [0.717, 1.165) is 39.3 Å². The number of H-pyrrole nitrogens is 1. The van der Waals surface area contributed by atoms with Crippen LogP contribution in [0.25, 0.3) is 17.4 Å². The normalized spacial score (nSPS) is 14.1. The fraction of sp³-hybridized carbons (Fsp3) is 0.526. The Morgan fingerprint density at radius 1 is 0.815 bits per heavy atom. The van der Waals surface area contributed by atoms with E-state index in [1.165, 1.54) is 0 Å². The molecule has 142 valence electrons. The number of hydrogen-bond donors (Lipinski definition) is 1. The van der Waals surface area contributed by atoms with Crippen molar-refractivity contribution in [1.82, 2.24) is 39.6 Å². The average molecular weight is 366 g/mol. The van der Waals surface area contributed by atoms with Crippen molar-refractivity contribution in [2.75, 3.05) is 0 Å².